The zero-order valence-corrected chi connectivity index (χ0v) is 13.3. The Kier molecular flexibility index (Phi) is 5.69. The van der Waals surface area contributed by atoms with Crippen molar-refractivity contribution in [2.45, 2.75) is 6.43 Å². The summed E-state index contributed by atoms with van der Waals surface area (Å²) in [5.74, 6) is 0.468. The maximum absolute atomic E-state index is 12.0. The minimum atomic E-state index is -2.54. The number of alkyl halides is 2. The highest BCUT2D eigenvalue weighted by Gasteiger charge is 2.08. The van der Waals surface area contributed by atoms with Crippen LogP contribution in [0.4, 0.5) is 30.8 Å². The number of nitrogens with two attached hydrogens (primary N) is 1. The second-order valence-corrected chi connectivity index (χ2v) is 5.31. The smallest absolute Gasteiger partial charge is 0.323 e. The monoisotopic (exact) mass is 386 g/mol. The van der Waals surface area contributed by atoms with Crippen LogP contribution >= 0.6 is 15.9 Å². The minimum absolute atomic E-state index is 0.180. The summed E-state index contributed by atoms with van der Waals surface area (Å²) >= 11 is 3.23. The molecule has 1 heterocycles. The van der Waals surface area contributed by atoms with Gasteiger partial charge in [-0.15, -0.1) is 0 Å². The Hall–Kier alpha value is -2.42. The molecule has 9 heteroatoms. The van der Waals surface area contributed by atoms with Gasteiger partial charge in [0, 0.05) is 16.4 Å². The second-order valence-electron chi connectivity index (χ2n) is 4.39. The minimum Gasteiger partial charge on any atom is -0.488 e. The van der Waals surface area contributed by atoms with Crippen LogP contribution in [0.1, 0.15) is 0 Å². The number of ether oxygens (including phenoxy) is 1. The fourth-order valence-electron chi connectivity index (χ4n) is 1.63. The molecule has 1 aromatic carbocycles. The predicted octanol–water partition coefficient (Wildman–Crippen LogP) is 3.71. The lowest BCUT2D eigenvalue weighted by Crippen LogP contribution is -2.20. The highest BCUT2D eigenvalue weighted by molar-refractivity contribution is 9.10. The van der Waals surface area contributed by atoms with E-state index in [9.17, 15) is 13.6 Å². The molecule has 6 nitrogen and oxygen atoms in total. The number of nitrogens with one attached hydrogen (secondary N) is 2. The highest BCUT2D eigenvalue weighted by atomic mass is 79.9. The Morgan fingerprint density at radius 2 is 2.00 bits per heavy atom. The molecule has 2 amide bonds. The molecule has 23 heavy (non-hydrogen) atoms. The van der Waals surface area contributed by atoms with Gasteiger partial charge in [0.05, 0.1) is 5.69 Å². The lowest BCUT2D eigenvalue weighted by Gasteiger charge is -2.10. The van der Waals surface area contributed by atoms with Crippen LogP contribution in [0.25, 0.3) is 0 Å². The number of nitrogens with zero attached hydrogens (tertiary/aromatic N) is 1. The molecule has 0 aliphatic heterocycles. The molecule has 122 valence electrons. The number of urea groups is 1. The normalized spacial score (nSPS) is 10.4. The molecular weight excluding hydrogens is 374 g/mol. The summed E-state index contributed by atoms with van der Waals surface area (Å²) in [6.45, 7) is -0.678. The zero-order valence-electron chi connectivity index (χ0n) is 11.7. The van der Waals surface area contributed by atoms with Gasteiger partial charge in [-0.25, -0.2) is 18.6 Å². The molecule has 0 aliphatic rings. The molecular formula is C14H13BrF2N4O2. The van der Waals surface area contributed by atoms with E-state index < -0.39 is 19.1 Å². The first-order valence-corrected chi connectivity index (χ1v) is 7.23. The van der Waals surface area contributed by atoms with Gasteiger partial charge in [-0.05, 0) is 46.3 Å². The Balaban J connectivity index is 1.93. The summed E-state index contributed by atoms with van der Waals surface area (Å²) < 4.78 is 29.6. The van der Waals surface area contributed by atoms with Crippen molar-refractivity contribution in [1.29, 1.82) is 0 Å². The zero-order chi connectivity index (χ0) is 16.8. The van der Waals surface area contributed by atoms with Crippen LogP contribution in [0.15, 0.2) is 41.0 Å². The molecule has 0 fully saturated rings. The van der Waals surface area contributed by atoms with Gasteiger partial charge in [0.2, 0.25) is 0 Å². The number of halogens is 3. The number of pyridine rings is 1. The van der Waals surface area contributed by atoms with E-state index in [0.29, 0.717) is 15.8 Å². The van der Waals surface area contributed by atoms with Crippen molar-refractivity contribution < 1.29 is 18.3 Å². The summed E-state index contributed by atoms with van der Waals surface area (Å²) in [5.41, 5.74) is 6.48. The van der Waals surface area contributed by atoms with Crippen LogP contribution in [0.2, 0.25) is 0 Å². The van der Waals surface area contributed by atoms with E-state index >= 15 is 0 Å². The largest absolute Gasteiger partial charge is 0.488 e. The van der Waals surface area contributed by atoms with Crippen molar-refractivity contribution in [1.82, 2.24) is 4.98 Å². The van der Waals surface area contributed by atoms with Crippen molar-refractivity contribution in [2.75, 3.05) is 23.0 Å². The average molecular weight is 387 g/mol. The van der Waals surface area contributed by atoms with Gasteiger partial charge in [0.1, 0.15) is 18.2 Å². The van der Waals surface area contributed by atoms with Crippen molar-refractivity contribution in [3.8, 4) is 5.75 Å². The number of carbonyl (C=O) groups is 1. The van der Waals surface area contributed by atoms with Gasteiger partial charge in [-0.2, -0.15) is 0 Å². The van der Waals surface area contributed by atoms with E-state index in [0.717, 1.165) is 0 Å². The molecule has 0 unspecified atom stereocenters. The first-order valence-electron chi connectivity index (χ1n) is 6.44. The molecule has 0 radical (unpaired) electrons. The van der Waals surface area contributed by atoms with Crippen LogP contribution < -0.4 is 21.1 Å². The Morgan fingerprint density at radius 3 is 2.65 bits per heavy atom. The van der Waals surface area contributed by atoms with E-state index in [1.165, 1.54) is 30.5 Å². The Bertz CT molecular complexity index is 683. The van der Waals surface area contributed by atoms with Crippen LogP contribution in [0.5, 0.6) is 5.75 Å². The number of benzene rings is 1. The van der Waals surface area contributed by atoms with Crippen LogP contribution in [0.3, 0.4) is 0 Å². The molecule has 2 rings (SSSR count). The fourth-order valence-corrected chi connectivity index (χ4v) is 1.96. The number of carbonyl (C=O) groups excluding carboxylic acids is 1. The first kappa shape index (κ1) is 16.9. The van der Waals surface area contributed by atoms with E-state index in [1.807, 2.05) is 0 Å². The fraction of sp³-hybridized carbons (Fsp3) is 0.143. The van der Waals surface area contributed by atoms with Crippen molar-refractivity contribution >= 4 is 39.2 Å². The van der Waals surface area contributed by atoms with Gasteiger partial charge in [-0.1, -0.05) is 0 Å². The van der Waals surface area contributed by atoms with Crippen LogP contribution in [0, 0.1) is 0 Å². The lowest BCUT2D eigenvalue weighted by atomic mass is 10.3. The number of hydrogen-bond donors (Lipinski definition) is 3. The maximum Gasteiger partial charge on any atom is 0.323 e. The molecule has 2 aromatic rings. The number of anilines is 3. The van der Waals surface area contributed by atoms with Gasteiger partial charge in [0.15, 0.2) is 0 Å². The van der Waals surface area contributed by atoms with E-state index in [1.54, 1.807) is 6.07 Å². The van der Waals surface area contributed by atoms with E-state index in [4.69, 9.17) is 10.5 Å². The predicted molar refractivity (Wildman–Crippen MR) is 86.9 cm³/mol. The molecule has 0 bridgehead atoms. The number of nitrogen functional groups attached to an aromatic ring is 1. The van der Waals surface area contributed by atoms with Gasteiger partial charge in [0.25, 0.3) is 6.43 Å². The number of rotatable bonds is 5. The third kappa shape index (κ3) is 5.37. The molecule has 0 saturated carbocycles. The van der Waals surface area contributed by atoms with E-state index in [-0.39, 0.29) is 11.6 Å². The topological polar surface area (TPSA) is 89.3 Å². The summed E-state index contributed by atoms with van der Waals surface area (Å²) in [5, 5.41) is 5.13. The lowest BCUT2D eigenvalue weighted by molar-refractivity contribution is 0.0819. The Morgan fingerprint density at radius 1 is 1.30 bits per heavy atom. The van der Waals surface area contributed by atoms with Crippen molar-refractivity contribution in [3.05, 3.63) is 41.0 Å². The van der Waals surface area contributed by atoms with Crippen molar-refractivity contribution in [3.63, 3.8) is 0 Å². The number of amides is 2. The van der Waals surface area contributed by atoms with Crippen LogP contribution in [-0.2, 0) is 0 Å². The Labute approximate surface area is 139 Å². The van der Waals surface area contributed by atoms with Crippen molar-refractivity contribution in [2.24, 2.45) is 0 Å². The summed E-state index contributed by atoms with van der Waals surface area (Å²) in [4.78, 5) is 15.8. The highest BCUT2D eigenvalue weighted by Crippen LogP contribution is 2.21. The number of aromatic nitrogens is 1. The SMILES string of the molecule is Nc1ncc(Br)cc1NC(=O)Nc1ccc(OCC(F)F)cc1. The summed E-state index contributed by atoms with van der Waals surface area (Å²) in [6.07, 6.45) is -1.03. The standard InChI is InChI=1S/C14H13BrF2N4O2/c15-8-5-11(13(18)19-6-8)21-14(22)20-9-1-3-10(4-2-9)23-7-12(16)17/h1-6,12H,7H2,(H2,18,19)(H2,20,21,22). The molecule has 0 aliphatic carbocycles. The second kappa shape index (κ2) is 7.73. The maximum atomic E-state index is 12.0. The molecule has 4 N–H and O–H groups in total. The van der Waals surface area contributed by atoms with Crippen LogP contribution in [-0.4, -0.2) is 24.0 Å². The average Bonchev–Trinajstić information content (AvgIpc) is 2.50. The molecule has 0 saturated heterocycles. The van der Waals surface area contributed by atoms with E-state index in [2.05, 4.69) is 31.5 Å². The summed E-state index contributed by atoms with van der Waals surface area (Å²) in [7, 11) is 0. The summed E-state index contributed by atoms with van der Waals surface area (Å²) in [6, 6.07) is 7.12. The first-order chi connectivity index (χ1) is 10.9. The van der Waals surface area contributed by atoms with Gasteiger partial charge in [-0.3, -0.25) is 0 Å². The van der Waals surface area contributed by atoms with Gasteiger partial charge >= 0.3 is 6.03 Å². The molecule has 0 atom stereocenters. The third-order valence-corrected chi connectivity index (χ3v) is 3.06. The molecule has 0 spiro atoms. The number of hydrogen-bond acceptors (Lipinski definition) is 4. The van der Waals surface area contributed by atoms with Gasteiger partial charge < -0.3 is 21.1 Å². The quantitative estimate of drug-likeness (QED) is 0.730. The molecule has 1 aromatic heterocycles. The third-order valence-electron chi connectivity index (χ3n) is 2.62.